The molecule has 66 valence electrons. The molecule has 0 fully saturated rings. The number of amides is 1. The number of anilines is 1. The minimum atomic E-state index is -0.490. The summed E-state index contributed by atoms with van der Waals surface area (Å²) in [5.41, 5.74) is 7.38. The van der Waals surface area contributed by atoms with E-state index in [1.807, 2.05) is 24.3 Å². The Kier molecular flexibility index (Phi) is 3.37. The molecule has 0 aromatic heterocycles. The van der Waals surface area contributed by atoms with Crippen LogP contribution >= 0.6 is 0 Å². The van der Waals surface area contributed by atoms with Crippen LogP contribution in [0.5, 0.6) is 0 Å². The number of hydrogen-bond acceptors (Lipinski definition) is 2. The Morgan fingerprint density at radius 2 is 2.00 bits per heavy atom. The van der Waals surface area contributed by atoms with Crippen LogP contribution < -0.4 is 11.1 Å². The van der Waals surface area contributed by atoms with Gasteiger partial charge in [0.25, 0.3) is 0 Å². The third-order valence-corrected chi connectivity index (χ3v) is 1.69. The summed E-state index contributed by atoms with van der Waals surface area (Å²) in [5.74, 6) is -0.490. The molecule has 3 N–H and O–H groups in total. The maximum atomic E-state index is 10.3. The molecule has 13 heavy (non-hydrogen) atoms. The largest absolute Gasteiger partial charge is 0.399 e. The zero-order valence-electron chi connectivity index (χ0n) is 7.29. The van der Waals surface area contributed by atoms with Gasteiger partial charge in [-0.05, 0) is 24.1 Å². The fourth-order valence-corrected chi connectivity index (χ4v) is 1.01. The molecule has 4 heteroatoms. The summed E-state index contributed by atoms with van der Waals surface area (Å²) in [6.07, 6.45) is 0.767. The van der Waals surface area contributed by atoms with Crippen molar-refractivity contribution in [2.24, 2.45) is 0 Å². The van der Waals surface area contributed by atoms with Crippen LogP contribution in [0, 0.1) is 0 Å². The van der Waals surface area contributed by atoms with Gasteiger partial charge < -0.3 is 11.1 Å². The molecule has 2 radical (unpaired) electrons. The molecule has 0 unspecified atom stereocenters. The van der Waals surface area contributed by atoms with Gasteiger partial charge in [0.15, 0.2) is 13.7 Å². The molecule has 1 aromatic rings. The van der Waals surface area contributed by atoms with Crippen molar-refractivity contribution in [1.29, 1.82) is 0 Å². The highest BCUT2D eigenvalue weighted by molar-refractivity contribution is 6.57. The molecule has 0 aliphatic rings. The number of nitrogens with one attached hydrogen (secondary N) is 1. The zero-order valence-corrected chi connectivity index (χ0v) is 7.29. The van der Waals surface area contributed by atoms with E-state index in [0.717, 1.165) is 17.7 Å². The minimum absolute atomic E-state index is 0.490. The van der Waals surface area contributed by atoms with E-state index in [1.54, 1.807) is 0 Å². The number of carbonyl (C=O) groups excluding carboxylic acids is 1. The lowest BCUT2D eigenvalue weighted by Gasteiger charge is -2.02. The van der Waals surface area contributed by atoms with Crippen molar-refractivity contribution in [3.05, 3.63) is 29.8 Å². The van der Waals surface area contributed by atoms with E-state index in [0.29, 0.717) is 6.54 Å². The lowest BCUT2D eigenvalue weighted by molar-refractivity contribution is 0.259. The maximum absolute atomic E-state index is 10.3. The molecule has 3 nitrogen and oxygen atoms in total. The van der Waals surface area contributed by atoms with E-state index in [1.165, 1.54) is 0 Å². The van der Waals surface area contributed by atoms with Crippen LogP contribution in [-0.2, 0) is 6.42 Å². The van der Waals surface area contributed by atoms with E-state index in [4.69, 9.17) is 13.6 Å². The number of benzene rings is 1. The molecule has 0 saturated heterocycles. The van der Waals surface area contributed by atoms with Crippen LogP contribution in [0.15, 0.2) is 24.3 Å². The summed E-state index contributed by atoms with van der Waals surface area (Å²) < 4.78 is 0. The third kappa shape index (κ3) is 3.65. The molecule has 0 aliphatic carbocycles. The lowest BCUT2D eigenvalue weighted by Crippen LogP contribution is -2.23. The molecule has 0 saturated carbocycles. The van der Waals surface area contributed by atoms with Crippen molar-refractivity contribution in [3.63, 3.8) is 0 Å². The Morgan fingerprint density at radius 1 is 1.38 bits per heavy atom. The Morgan fingerprint density at radius 3 is 2.54 bits per heavy atom. The monoisotopic (exact) mass is 174 g/mol. The molecular weight excluding hydrogens is 163 g/mol. The third-order valence-electron chi connectivity index (χ3n) is 1.69. The fraction of sp³-hybridized carbons (Fsp3) is 0.222. The van der Waals surface area contributed by atoms with Gasteiger partial charge in [0, 0.05) is 12.2 Å². The molecular formula is C9H11BN2O. The quantitative estimate of drug-likeness (QED) is 0.523. The zero-order chi connectivity index (χ0) is 9.68. The van der Waals surface area contributed by atoms with E-state index in [9.17, 15) is 4.79 Å². The normalized spacial score (nSPS) is 9.54. The SMILES string of the molecule is [B]C(=O)NCCc1ccc(N)cc1. The molecule has 1 aromatic carbocycles. The first-order chi connectivity index (χ1) is 6.18. The van der Waals surface area contributed by atoms with E-state index < -0.39 is 5.81 Å². The predicted molar refractivity (Wildman–Crippen MR) is 53.7 cm³/mol. The second-order valence-corrected chi connectivity index (χ2v) is 2.78. The van der Waals surface area contributed by atoms with Crippen molar-refractivity contribution in [1.82, 2.24) is 5.32 Å². The maximum Gasteiger partial charge on any atom is 0.200 e. The average Bonchev–Trinajstić information content (AvgIpc) is 2.08. The summed E-state index contributed by atoms with van der Waals surface area (Å²) in [5, 5.41) is 2.52. The predicted octanol–water partition coefficient (Wildman–Crippen LogP) is 0.689. The Bertz CT molecular complexity index is 284. The van der Waals surface area contributed by atoms with Crippen LogP contribution in [0.2, 0.25) is 0 Å². The van der Waals surface area contributed by atoms with Gasteiger partial charge in [-0.25, -0.2) is 0 Å². The molecule has 0 heterocycles. The fourth-order valence-electron chi connectivity index (χ4n) is 1.01. The van der Waals surface area contributed by atoms with E-state index in [-0.39, 0.29) is 0 Å². The number of nitrogen functional groups attached to an aromatic ring is 1. The van der Waals surface area contributed by atoms with Gasteiger partial charge in [0.05, 0.1) is 0 Å². The summed E-state index contributed by atoms with van der Waals surface area (Å²) in [6, 6.07) is 7.52. The average molecular weight is 174 g/mol. The van der Waals surface area contributed by atoms with Crippen molar-refractivity contribution in [2.75, 3.05) is 12.3 Å². The Hall–Kier alpha value is -1.45. The smallest absolute Gasteiger partial charge is 0.200 e. The second-order valence-electron chi connectivity index (χ2n) is 2.78. The Labute approximate surface area is 78.7 Å². The van der Waals surface area contributed by atoms with Crippen molar-refractivity contribution < 1.29 is 4.79 Å². The highest BCUT2D eigenvalue weighted by Gasteiger charge is 1.93. The first-order valence-corrected chi connectivity index (χ1v) is 4.06. The van der Waals surface area contributed by atoms with Gasteiger partial charge in [-0.15, -0.1) is 0 Å². The highest BCUT2D eigenvalue weighted by Crippen LogP contribution is 2.05. The van der Waals surface area contributed by atoms with Gasteiger partial charge >= 0.3 is 0 Å². The molecule has 1 amide bonds. The van der Waals surface area contributed by atoms with Crippen LogP contribution in [0.1, 0.15) is 5.56 Å². The second kappa shape index (κ2) is 4.55. The molecule has 0 spiro atoms. The van der Waals surface area contributed by atoms with E-state index in [2.05, 4.69) is 5.32 Å². The van der Waals surface area contributed by atoms with Gasteiger partial charge in [0.1, 0.15) is 0 Å². The standard InChI is InChI=1S/C9H11BN2O/c10-9(13)12-6-5-7-1-3-8(11)4-2-7/h1-4H,5-6,11H2,(H,12,13). The molecule has 0 aliphatic heterocycles. The number of carbonyl (C=O) groups is 1. The van der Waals surface area contributed by atoms with Crippen LogP contribution in [0.25, 0.3) is 0 Å². The minimum Gasteiger partial charge on any atom is -0.399 e. The Balaban J connectivity index is 2.37. The lowest BCUT2D eigenvalue weighted by atomic mass is 10.1. The first kappa shape index (κ1) is 9.64. The van der Waals surface area contributed by atoms with Gasteiger partial charge in [-0.3, -0.25) is 4.79 Å². The number of rotatable bonds is 3. The van der Waals surface area contributed by atoms with Crippen LogP contribution in [-0.4, -0.2) is 20.2 Å². The van der Waals surface area contributed by atoms with Crippen molar-refractivity contribution in [3.8, 4) is 0 Å². The van der Waals surface area contributed by atoms with Crippen molar-refractivity contribution in [2.45, 2.75) is 6.42 Å². The number of nitrogens with two attached hydrogens (primary N) is 1. The summed E-state index contributed by atoms with van der Waals surface area (Å²) in [6.45, 7) is 0.555. The first-order valence-electron chi connectivity index (χ1n) is 4.06. The topological polar surface area (TPSA) is 55.1 Å². The van der Waals surface area contributed by atoms with Crippen molar-refractivity contribution >= 4 is 19.3 Å². The van der Waals surface area contributed by atoms with Crippen LogP contribution in [0.3, 0.4) is 0 Å². The van der Waals surface area contributed by atoms with Gasteiger partial charge in [-0.1, -0.05) is 12.1 Å². The summed E-state index contributed by atoms with van der Waals surface area (Å²) in [4.78, 5) is 10.3. The van der Waals surface area contributed by atoms with Gasteiger partial charge in [0.2, 0.25) is 0 Å². The van der Waals surface area contributed by atoms with Gasteiger partial charge in [-0.2, -0.15) is 0 Å². The highest BCUT2D eigenvalue weighted by atomic mass is 16.1. The number of hydrogen-bond donors (Lipinski definition) is 2. The summed E-state index contributed by atoms with van der Waals surface area (Å²) >= 11 is 0. The molecule has 1 rings (SSSR count). The van der Waals surface area contributed by atoms with Crippen LogP contribution in [0.4, 0.5) is 10.5 Å². The summed E-state index contributed by atoms with van der Waals surface area (Å²) in [7, 11) is 4.91. The van der Waals surface area contributed by atoms with E-state index >= 15 is 0 Å². The molecule has 0 bridgehead atoms. The molecule has 0 atom stereocenters.